The van der Waals surface area contributed by atoms with Gasteiger partial charge in [-0.1, -0.05) is 27.7 Å². The second-order valence-electron chi connectivity index (χ2n) is 6.01. The highest BCUT2D eigenvalue weighted by Gasteiger charge is 2.32. The first-order valence-electron chi connectivity index (χ1n) is 6.63. The van der Waals surface area contributed by atoms with Crippen LogP contribution in [0.1, 0.15) is 34.1 Å². The molecule has 0 aromatic carbocycles. The van der Waals surface area contributed by atoms with Gasteiger partial charge in [-0.05, 0) is 18.4 Å². The molecule has 1 saturated heterocycles. The van der Waals surface area contributed by atoms with Gasteiger partial charge in [0.15, 0.2) is 0 Å². The van der Waals surface area contributed by atoms with E-state index in [1.165, 1.54) is 6.42 Å². The SMILES string of the molecule is CCCN1CCN(C(=O)[C@@H](N)C(C)(C)C)CC1. The molecule has 1 aliphatic rings. The minimum atomic E-state index is -0.389. The van der Waals surface area contributed by atoms with Gasteiger partial charge >= 0.3 is 0 Å². The average molecular weight is 241 g/mol. The lowest BCUT2D eigenvalue weighted by molar-refractivity contribution is -0.136. The molecule has 0 aliphatic carbocycles. The molecule has 1 rings (SSSR count). The standard InChI is InChI=1S/C13H27N3O/c1-5-6-15-7-9-16(10-8-15)12(17)11(14)13(2,3)4/h11H,5-10,14H2,1-4H3/t11-/m1/s1. The lowest BCUT2D eigenvalue weighted by Gasteiger charge is -2.38. The number of hydrogen-bond acceptors (Lipinski definition) is 3. The van der Waals surface area contributed by atoms with E-state index in [-0.39, 0.29) is 17.4 Å². The molecule has 1 atom stereocenters. The molecule has 1 fully saturated rings. The van der Waals surface area contributed by atoms with Crippen LogP contribution in [0.2, 0.25) is 0 Å². The van der Waals surface area contributed by atoms with Crippen molar-refractivity contribution in [3.63, 3.8) is 0 Å². The maximum atomic E-state index is 12.2. The van der Waals surface area contributed by atoms with Crippen LogP contribution in [0.3, 0.4) is 0 Å². The topological polar surface area (TPSA) is 49.6 Å². The summed E-state index contributed by atoms with van der Waals surface area (Å²) in [5.74, 6) is 0.105. The van der Waals surface area contributed by atoms with Gasteiger partial charge in [-0.25, -0.2) is 0 Å². The summed E-state index contributed by atoms with van der Waals surface area (Å²) in [5.41, 5.74) is 5.86. The van der Waals surface area contributed by atoms with Gasteiger partial charge in [-0.3, -0.25) is 9.69 Å². The van der Waals surface area contributed by atoms with E-state index >= 15 is 0 Å². The molecule has 1 aliphatic heterocycles. The first kappa shape index (κ1) is 14.5. The number of rotatable bonds is 3. The van der Waals surface area contributed by atoms with Crippen molar-refractivity contribution in [3.8, 4) is 0 Å². The van der Waals surface area contributed by atoms with Gasteiger partial charge in [0.1, 0.15) is 0 Å². The van der Waals surface area contributed by atoms with E-state index in [1.54, 1.807) is 0 Å². The molecule has 0 unspecified atom stereocenters. The number of carbonyl (C=O) groups is 1. The fourth-order valence-electron chi connectivity index (χ4n) is 2.08. The van der Waals surface area contributed by atoms with E-state index < -0.39 is 0 Å². The zero-order valence-corrected chi connectivity index (χ0v) is 11.7. The summed E-state index contributed by atoms with van der Waals surface area (Å²) >= 11 is 0. The molecule has 0 radical (unpaired) electrons. The largest absolute Gasteiger partial charge is 0.339 e. The maximum Gasteiger partial charge on any atom is 0.240 e. The molecule has 0 bridgehead atoms. The molecular formula is C13H27N3O. The first-order chi connectivity index (χ1) is 7.86. The number of carbonyl (C=O) groups excluding carboxylic acids is 1. The second-order valence-corrected chi connectivity index (χ2v) is 6.01. The maximum absolute atomic E-state index is 12.2. The Balaban J connectivity index is 2.46. The predicted molar refractivity (Wildman–Crippen MR) is 70.7 cm³/mol. The number of piperazine rings is 1. The molecule has 1 heterocycles. The fraction of sp³-hybridized carbons (Fsp3) is 0.923. The highest BCUT2D eigenvalue weighted by Crippen LogP contribution is 2.19. The molecule has 4 heteroatoms. The van der Waals surface area contributed by atoms with E-state index in [0.29, 0.717) is 0 Å². The van der Waals surface area contributed by atoms with Crippen LogP contribution in [-0.2, 0) is 4.79 Å². The zero-order chi connectivity index (χ0) is 13.1. The number of hydrogen-bond donors (Lipinski definition) is 1. The van der Waals surface area contributed by atoms with E-state index in [9.17, 15) is 4.79 Å². The number of nitrogens with zero attached hydrogens (tertiary/aromatic N) is 2. The van der Waals surface area contributed by atoms with Crippen molar-refractivity contribution >= 4 is 5.91 Å². The third kappa shape index (κ3) is 3.96. The van der Waals surface area contributed by atoms with Crippen LogP contribution in [0.5, 0.6) is 0 Å². The second kappa shape index (κ2) is 5.83. The molecule has 17 heavy (non-hydrogen) atoms. The van der Waals surface area contributed by atoms with E-state index in [2.05, 4.69) is 11.8 Å². The fourth-order valence-corrected chi connectivity index (χ4v) is 2.08. The highest BCUT2D eigenvalue weighted by molar-refractivity contribution is 5.82. The van der Waals surface area contributed by atoms with Gasteiger partial charge in [-0.15, -0.1) is 0 Å². The summed E-state index contributed by atoms with van der Waals surface area (Å²) < 4.78 is 0. The summed E-state index contributed by atoms with van der Waals surface area (Å²) in [4.78, 5) is 16.5. The Kier molecular flexibility index (Phi) is 4.95. The van der Waals surface area contributed by atoms with Crippen LogP contribution < -0.4 is 5.73 Å². The Morgan fingerprint density at radius 2 is 1.76 bits per heavy atom. The highest BCUT2D eigenvalue weighted by atomic mass is 16.2. The van der Waals surface area contributed by atoms with Gasteiger partial charge in [0.25, 0.3) is 0 Å². The summed E-state index contributed by atoms with van der Waals surface area (Å²) in [6, 6.07) is -0.389. The monoisotopic (exact) mass is 241 g/mol. The number of amides is 1. The summed E-state index contributed by atoms with van der Waals surface area (Å²) in [7, 11) is 0. The van der Waals surface area contributed by atoms with Gasteiger partial charge in [0, 0.05) is 26.2 Å². The van der Waals surface area contributed by atoms with Gasteiger partial charge < -0.3 is 10.6 Å². The smallest absolute Gasteiger partial charge is 0.240 e. The Labute approximate surface area is 105 Å². The molecule has 100 valence electrons. The molecule has 0 aromatic heterocycles. The van der Waals surface area contributed by atoms with Crippen molar-refractivity contribution in [3.05, 3.63) is 0 Å². The van der Waals surface area contributed by atoms with E-state index in [4.69, 9.17) is 5.73 Å². The summed E-state index contributed by atoms with van der Waals surface area (Å²) in [5, 5.41) is 0. The van der Waals surface area contributed by atoms with Crippen molar-refractivity contribution < 1.29 is 4.79 Å². The lowest BCUT2D eigenvalue weighted by atomic mass is 9.86. The van der Waals surface area contributed by atoms with Crippen molar-refractivity contribution in [2.24, 2.45) is 11.1 Å². The molecule has 0 aromatic rings. The van der Waals surface area contributed by atoms with Crippen LogP contribution >= 0.6 is 0 Å². The Morgan fingerprint density at radius 3 is 2.18 bits per heavy atom. The van der Waals surface area contributed by atoms with Crippen molar-refractivity contribution in [1.82, 2.24) is 9.80 Å². The van der Waals surface area contributed by atoms with Crippen molar-refractivity contribution in [1.29, 1.82) is 0 Å². The Hall–Kier alpha value is -0.610. The molecule has 1 amide bonds. The summed E-state index contributed by atoms with van der Waals surface area (Å²) in [6.45, 7) is 13.0. The van der Waals surface area contributed by atoms with Crippen molar-refractivity contribution in [2.45, 2.75) is 40.2 Å². The normalized spacial score (nSPS) is 20.4. The molecule has 0 spiro atoms. The van der Waals surface area contributed by atoms with Crippen LogP contribution in [0.4, 0.5) is 0 Å². The average Bonchev–Trinajstić information content (AvgIpc) is 2.27. The Morgan fingerprint density at radius 1 is 1.24 bits per heavy atom. The van der Waals surface area contributed by atoms with Gasteiger partial charge in [0.05, 0.1) is 6.04 Å². The molecular weight excluding hydrogens is 214 g/mol. The molecule has 0 saturated carbocycles. The third-order valence-electron chi connectivity index (χ3n) is 3.42. The number of nitrogens with two attached hydrogens (primary N) is 1. The zero-order valence-electron chi connectivity index (χ0n) is 11.7. The molecule has 2 N–H and O–H groups in total. The van der Waals surface area contributed by atoms with Crippen LogP contribution in [0.25, 0.3) is 0 Å². The van der Waals surface area contributed by atoms with Gasteiger partial charge in [-0.2, -0.15) is 0 Å². The van der Waals surface area contributed by atoms with E-state index in [1.807, 2.05) is 25.7 Å². The summed E-state index contributed by atoms with van der Waals surface area (Å²) in [6.07, 6.45) is 1.18. The Bertz CT molecular complexity index is 252. The quantitative estimate of drug-likeness (QED) is 0.799. The van der Waals surface area contributed by atoms with Crippen LogP contribution in [0, 0.1) is 5.41 Å². The van der Waals surface area contributed by atoms with Crippen LogP contribution in [-0.4, -0.2) is 54.5 Å². The minimum Gasteiger partial charge on any atom is -0.339 e. The predicted octanol–water partition coefficient (Wildman–Crippen LogP) is 0.914. The minimum absolute atomic E-state index is 0.105. The van der Waals surface area contributed by atoms with Crippen LogP contribution in [0.15, 0.2) is 0 Å². The lowest BCUT2D eigenvalue weighted by Crippen LogP contribution is -2.56. The van der Waals surface area contributed by atoms with Crippen molar-refractivity contribution in [2.75, 3.05) is 32.7 Å². The van der Waals surface area contributed by atoms with E-state index in [0.717, 1.165) is 32.7 Å². The first-order valence-corrected chi connectivity index (χ1v) is 6.63. The molecule has 4 nitrogen and oxygen atoms in total. The third-order valence-corrected chi connectivity index (χ3v) is 3.42. The van der Waals surface area contributed by atoms with Gasteiger partial charge in [0.2, 0.25) is 5.91 Å².